The van der Waals surface area contributed by atoms with Crippen LogP contribution in [0.5, 0.6) is 5.75 Å². The first-order valence-corrected chi connectivity index (χ1v) is 4.89. The number of benzene rings is 1. The SMILES string of the molecule is N#Cc1c(F)ccc([C@H]2CCCN2)c1O. The van der Waals surface area contributed by atoms with E-state index in [2.05, 4.69) is 5.32 Å². The van der Waals surface area contributed by atoms with E-state index in [0.29, 0.717) is 5.56 Å². The van der Waals surface area contributed by atoms with Gasteiger partial charge in [0.2, 0.25) is 0 Å². The van der Waals surface area contributed by atoms with E-state index in [4.69, 9.17) is 5.26 Å². The van der Waals surface area contributed by atoms with Gasteiger partial charge in [-0.05, 0) is 25.5 Å². The number of phenolic OH excluding ortho intramolecular Hbond substituents is 1. The van der Waals surface area contributed by atoms with E-state index in [1.54, 1.807) is 6.07 Å². The molecule has 1 heterocycles. The number of rotatable bonds is 1. The predicted octanol–water partition coefficient (Wildman–Crippen LogP) is 1.83. The molecule has 1 aromatic carbocycles. The number of halogens is 1. The second-order valence-corrected chi connectivity index (χ2v) is 3.62. The maximum Gasteiger partial charge on any atom is 0.144 e. The van der Waals surface area contributed by atoms with Crippen molar-refractivity contribution in [1.82, 2.24) is 5.32 Å². The van der Waals surface area contributed by atoms with Gasteiger partial charge >= 0.3 is 0 Å². The molecule has 0 spiro atoms. The summed E-state index contributed by atoms with van der Waals surface area (Å²) in [6, 6.07) is 4.48. The third-order valence-electron chi connectivity index (χ3n) is 2.71. The normalized spacial score (nSPS) is 20.1. The van der Waals surface area contributed by atoms with Crippen LogP contribution in [0.4, 0.5) is 4.39 Å². The van der Waals surface area contributed by atoms with Crippen LogP contribution < -0.4 is 5.32 Å². The average molecular weight is 206 g/mol. The zero-order valence-electron chi connectivity index (χ0n) is 8.13. The van der Waals surface area contributed by atoms with E-state index in [0.717, 1.165) is 19.4 Å². The van der Waals surface area contributed by atoms with Crippen molar-refractivity contribution in [3.8, 4) is 11.8 Å². The molecular formula is C11H11FN2O. The van der Waals surface area contributed by atoms with Crippen LogP contribution in [-0.4, -0.2) is 11.7 Å². The highest BCUT2D eigenvalue weighted by Gasteiger charge is 2.22. The van der Waals surface area contributed by atoms with Crippen LogP contribution in [0, 0.1) is 17.1 Å². The van der Waals surface area contributed by atoms with Crippen LogP contribution in [0.25, 0.3) is 0 Å². The quantitative estimate of drug-likeness (QED) is 0.737. The Morgan fingerprint density at radius 1 is 1.53 bits per heavy atom. The Balaban J connectivity index is 2.45. The van der Waals surface area contributed by atoms with Crippen LogP contribution in [0.15, 0.2) is 12.1 Å². The Kier molecular flexibility index (Phi) is 2.57. The van der Waals surface area contributed by atoms with Crippen molar-refractivity contribution >= 4 is 0 Å². The molecule has 1 saturated heterocycles. The molecule has 4 heteroatoms. The number of phenols is 1. The molecular weight excluding hydrogens is 195 g/mol. The summed E-state index contributed by atoms with van der Waals surface area (Å²) >= 11 is 0. The van der Waals surface area contributed by atoms with Crippen LogP contribution >= 0.6 is 0 Å². The van der Waals surface area contributed by atoms with E-state index >= 15 is 0 Å². The summed E-state index contributed by atoms with van der Waals surface area (Å²) in [6.07, 6.45) is 1.94. The number of aromatic hydroxyl groups is 1. The lowest BCUT2D eigenvalue weighted by Crippen LogP contribution is -2.13. The summed E-state index contributed by atoms with van der Waals surface area (Å²) in [5, 5.41) is 21.6. The second kappa shape index (κ2) is 3.87. The van der Waals surface area contributed by atoms with Gasteiger partial charge in [0.05, 0.1) is 0 Å². The number of nitriles is 1. The summed E-state index contributed by atoms with van der Waals surface area (Å²) in [6.45, 7) is 0.892. The van der Waals surface area contributed by atoms with Gasteiger partial charge in [0.25, 0.3) is 0 Å². The first-order valence-electron chi connectivity index (χ1n) is 4.89. The average Bonchev–Trinajstić information content (AvgIpc) is 2.71. The van der Waals surface area contributed by atoms with Gasteiger partial charge < -0.3 is 10.4 Å². The van der Waals surface area contributed by atoms with Gasteiger partial charge in [0.1, 0.15) is 23.2 Å². The summed E-state index contributed by atoms with van der Waals surface area (Å²) in [4.78, 5) is 0. The fourth-order valence-electron chi connectivity index (χ4n) is 1.92. The molecule has 0 bridgehead atoms. The highest BCUT2D eigenvalue weighted by atomic mass is 19.1. The summed E-state index contributed by atoms with van der Waals surface area (Å²) in [5.41, 5.74) is 0.353. The van der Waals surface area contributed by atoms with Gasteiger partial charge in [0.15, 0.2) is 0 Å². The molecule has 0 amide bonds. The van der Waals surface area contributed by atoms with Crippen molar-refractivity contribution in [3.63, 3.8) is 0 Å². The van der Waals surface area contributed by atoms with E-state index in [1.807, 2.05) is 0 Å². The molecule has 1 fully saturated rings. The van der Waals surface area contributed by atoms with Gasteiger partial charge in [-0.1, -0.05) is 6.07 Å². The summed E-state index contributed by atoms with van der Waals surface area (Å²) in [5.74, 6) is -0.895. The minimum atomic E-state index is -0.670. The molecule has 0 radical (unpaired) electrons. The van der Waals surface area contributed by atoms with E-state index < -0.39 is 5.82 Å². The van der Waals surface area contributed by atoms with Gasteiger partial charge in [-0.25, -0.2) is 4.39 Å². The van der Waals surface area contributed by atoms with Gasteiger partial charge in [0, 0.05) is 11.6 Å². The molecule has 1 aromatic rings. The van der Waals surface area contributed by atoms with Crippen LogP contribution in [0.3, 0.4) is 0 Å². The van der Waals surface area contributed by atoms with Crippen LogP contribution in [-0.2, 0) is 0 Å². The van der Waals surface area contributed by atoms with Crippen molar-refractivity contribution in [2.45, 2.75) is 18.9 Å². The van der Waals surface area contributed by atoms with Crippen molar-refractivity contribution in [2.24, 2.45) is 0 Å². The Labute approximate surface area is 87.2 Å². The van der Waals surface area contributed by atoms with Gasteiger partial charge in [-0.3, -0.25) is 0 Å². The fourth-order valence-corrected chi connectivity index (χ4v) is 1.92. The maximum absolute atomic E-state index is 13.1. The van der Waals surface area contributed by atoms with Crippen LogP contribution in [0.1, 0.15) is 30.0 Å². The van der Waals surface area contributed by atoms with E-state index in [9.17, 15) is 9.50 Å². The third-order valence-corrected chi connectivity index (χ3v) is 2.71. The number of hydrogen-bond acceptors (Lipinski definition) is 3. The molecule has 78 valence electrons. The number of nitrogens with one attached hydrogen (secondary N) is 1. The van der Waals surface area contributed by atoms with Crippen molar-refractivity contribution in [1.29, 1.82) is 5.26 Å². The molecule has 1 atom stereocenters. The summed E-state index contributed by atoms with van der Waals surface area (Å²) < 4.78 is 13.1. The molecule has 15 heavy (non-hydrogen) atoms. The molecule has 1 aliphatic rings. The minimum absolute atomic E-state index is 0.0395. The van der Waals surface area contributed by atoms with Crippen molar-refractivity contribution in [3.05, 3.63) is 29.1 Å². The Bertz CT molecular complexity index is 419. The van der Waals surface area contributed by atoms with Crippen molar-refractivity contribution in [2.75, 3.05) is 6.54 Å². The molecule has 0 saturated carbocycles. The zero-order chi connectivity index (χ0) is 10.8. The van der Waals surface area contributed by atoms with Gasteiger partial charge in [-0.2, -0.15) is 5.26 Å². The first-order chi connectivity index (χ1) is 7.24. The Morgan fingerprint density at radius 2 is 2.33 bits per heavy atom. The lowest BCUT2D eigenvalue weighted by molar-refractivity contribution is 0.448. The fraction of sp³-hybridized carbons (Fsp3) is 0.364. The largest absolute Gasteiger partial charge is 0.506 e. The number of hydrogen-bond donors (Lipinski definition) is 2. The van der Waals surface area contributed by atoms with E-state index in [1.165, 1.54) is 12.1 Å². The molecule has 2 N–H and O–H groups in total. The Hall–Kier alpha value is -1.60. The molecule has 0 unspecified atom stereocenters. The predicted molar refractivity (Wildman–Crippen MR) is 52.8 cm³/mol. The van der Waals surface area contributed by atoms with Crippen LogP contribution in [0.2, 0.25) is 0 Å². The lowest BCUT2D eigenvalue weighted by atomic mass is 10.0. The molecule has 1 aliphatic heterocycles. The standard InChI is InChI=1S/C11H11FN2O/c12-9-4-3-7(10-2-1-5-14-10)11(15)8(9)6-13/h3-4,10,14-15H,1-2,5H2/t10-/m1/s1. The van der Waals surface area contributed by atoms with Gasteiger partial charge in [-0.15, -0.1) is 0 Å². The molecule has 0 aliphatic carbocycles. The topological polar surface area (TPSA) is 56.0 Å². The lowest BCUT2D eigenvalue weighted by Gasteiger charge is -2.13. The first kappa shape index (κ1) is 9.94. The van der Waals surface area contributed by atoms with E-state index in [-0.39, 0.29) is 17.4 Å². The second-order valence-electron chi connectivity index (χ2n) is 3.62. The third kappa shape index (κ3) is 1.66. The molecule has 2 rings (SSSR count). The molecule has 0 aromatic heterocycles. The van der Waals surface area contributed by atoms with Crippen molar-refractivity contribution < 1.29 is 9.50 Å². The highest BCUT2D eigenvalue weighted by molar-refractivity contribution is 5.49. The monoisotopic (exact) mass is 206 g/mol. The Morgan fingerprint density at radius 3 is 2.93 bits per heavy atom. The summed E-state index contributed by atoms with van der Waals surface area (Å²) in [7, 11) is 0. The maximum atomic E-state index is 13.1. The highest BCUT2D eigenvalue weighted by Crippen LogP contribution is 2.33. The number of nitrogens with zero attached hydrogens (tertiary/aromatic N) is 1. The molecule has 3 nitrogen and oxygen atoms in total. The zero-order valence-corrected chi connectivity index (χ0v) is 8.13. The smallest absolute Gasteiger partial charge is 0.144 e. The minimum Gasteiger partial charge on any atom is -0.506 e.